The highest BCUT2D eigenvalue weighted by Crippen LogP contribution is 2.27. The molecule has 0 amide bonds. The third kappa shape index (κ3) is 2.16. The van der Waals surface area contributed by atoms with Crippen molar-refractivity contribution in [2.45, 2.75) is 13.5 Å². The Hall–Kier alpha value is -2.21. The summed E-state index contributed by atoms with van der Waals surface area (Å²) in [5.41, 5.74) is 7.00. The first-order valence-corrected chi connectivity index (χ1v) is 5.02. The number of non-ortho nitro benzene ring substituents is 1. The molecule has 1 aromatic heterocycles. The van der Waals surface area contributed by atoms with Crippen LogP contribution in [0.2, 0.25) is 0 Å². The van der Waals surface area contributed by atoms with E-state index in [0.29, 0.717) is 11.7 Å². The molecule has 0 atom stereocenters. The van der Waals surface area contributed by atoms with Crippen molar-refractivity contribution >= 4 is 5.69 Å². The number of aromatic nitrogens is 1. The largest absolute Gasteiger partial charge is 0.439 e. The molecule has 0 fully saturated rings. The first-order chi connectivity index (χ1) is 8.11. The highest BCUT2D eigenvalue weighted by molar-refractivity contribution is 5.63. The minimum Gasteiger partial charge on any atom is -0.439 e. The SMILES string of the molecule is Cc1cc([N+](=O)[O-])ccc1-c1cnc(CN)o1. The zero-order valence-electron chi connectivity index (χ0n) is 9.21. The first kappa shape index (κ1) is 11.3. The normalized spacial score (nSPS) is 10.5. The second-order valence-corrected chi connectivity index (χ2v) is 3.58. The molecule has 6 heteroatoms. The predicted molar refractivity (Wildman–Crippen MR) is 61.2 cm³/mol. The van der Waals surface area contributed by atoms with Crippen LogP contribution < -0.4 is 5.73 Å². The van der Waals surface area contributed by atoms with Gasteiger partial charge in [-0.1, -0.05) is 0 Å². The molecule has 0 aliphatic rings. The molecular formula is C11H11N3O3. The number of benzene rings is 1. The van der Waals surface area contributed by atoms with E-state index in [1.54, 1.807) is 19.2 Å². The van der Waals surface area contributed by atoms with E-state index in [4.69, 9.17) is 10.2 Å². The third-order valence-corrected chi connectivity index (χ3v) is 2.41. The number of hydrogen-bond donors (Lipinski definition) is 1. The fourth-order valence-corrected chi connectivity index (χ4v) is 1.57. The molecule has 0 saturated carbocycles. The van der Waals surface area contributed by atoms with Gasteiger partial charge in [-0.25, -0.2) is 4.98 Å². The number of rotatable bonds is 3. The van der Waals surface area contributed by atoms with Gasteiger partial charge in [0, 0.05) is 17.7 Å². The summed E-state index contributed by atoms with van der Waals surface area (Å²) in [5.74, 6) is 1.01. The second kappa shape index (κ2) is 4.34. The molecule has 0 bridgehead atoms. The first-order valence-electron chi connectivity index (χ1n) is 5.02. The summed E-state index contributed by atoms with van der Waals surface area (Å²) in [6.07, 6.45) is 1.57. The van der Waals surface area contributed by atoms with Gasteiger partial charge in [-0.05, 0) is 18.6 Å². The average Bonchev–Trinajstić information content (AvgIpc) is 2.77. The van der Waals surface area contributed by atoms with Crippen molar-refractivity contribution in [2.75, 3.05) is 0 Å². The maximum absolute atomic E-state index is 10.6. The van der Waals surface area contributed by atoms with E-state index in [2.05, 4.69) is 4.98 Å². The summed E-state index contributed by atoms with van der Waals surface area (Å²) in [6, 6.07) is 4.58. The molecule has 2 aromatic rings. The van der Waals surface area contributed by atoms with Crippen molar-refractivity contribution in [2.24, 2.45) is 5.73 Å². The van der Waals surface area contributed by atoms with Gasteiger partial charge in [0.2, 0.25) is 5.89 Å². The summed E-state index contributed by atoms with van der Waals surface area (Å²) >= 11 is 0. The van der Waals surface area contributed by atoms with Gasteiger partial charge in [-0.2, -0.15) is 0 Å². The molecule has 2 N–H and O–H groups in total. The van der Waals surface area contributed by atoms with E-state index in [9.17, 15) is 10.1 Å². The van der Waals surface area contributed by atoms with Crippen LogP contribution in [0.25, 0.3) is 11.3 Å². The number of nitro benzene ring substituents is 1. The van der Waals surface area contributed by atoms with Crippen molar-refractivity contribution in [1.29, 1.82) is 0 Å². The monoisotopic (exact) mass is 233 g/mol. The quantitative estimate of drug-likeness (QED) is 0.646. The lowest BCUT2D eigenvalue weighted by atomic mass is 10.1. The van der Waals surface area contributed by atoms with E-state index in [0.717, 1.165) is 11.1 Å². The molecule has 1 heterocycles. The highest BCUT2D eigenvalue weighted by atomic mass is 16.6. The standard InChI is InChI=1S/C11H11N3O3/c1-7-4-8(14(15)16)2-3-9(7)10-6-13-11(5-12)17-10/h2-4,6H,5,12H2,1H3. The Morgan fingerprint density at radius 2 is 2.29 bits per heavy atom. The van der Waals surface area contributed by atoms with Crippen LogP contribution in [0.3, 0.4) is 0 Å². The van der Waals surface area contributed by atoms with Gasteiger partial charge in [0.15, 0.2) is 5.76 Å². The lowest BCUT2D eigenvalue weighted by Gasteiger charge is -2.01. The Labute approximate surface area is 97.2 Å². The summed E-state index contributed by atoms with van der Waals surface area (Å²) in [6.45, 7) is 2.01. The smallest absolute Gasteiger partial charge is 0.269 e. The lowest BCUT2D eigenvalue weighted by molar-refractivity contribution is -0.384. The fourth-order valence-electron chi connectivity index (χ4n) is 1.57. The van der Waals surface area contributed by atoms with E-state index in [1.807, 2.05) is 0 Å². The van der Waals surface area contributed by atoms with Crippen LogP contribution in [0.15, 0.2) is 28.8 Å². The van der Waals surface area contributed by atoms with Crippen LogP contribution in [-0.2, 0) is 6.54 Å². The molecule has 2 rings (SSSR count). The maximum atomic E-state index is 10.6. The Bertz CT molecular complexity index is 563. The number of nitrogens with two attached hydrogens (primary N) is 1. The number of hydrogen-bond acceptors (Lipinski definition) is 5. The number of oxazole rings is 1. The van der Waals surface area contributed by atoms with Gasteiger partial charge in [0.25, 0.3) is 5.69 Å². The second-order valence-electron chi connectivity index (χ2n) is 3.58. The molecule has 0 aliphatic carbocycles. The molecule has 0 unspecified atom stereocenters. The summed E-state index contributed by atoms with van der Waals surface area (Å²) < 4.78 is 5.39. The van der Waals surface area contributed by atoms with E-state index >= 15 is 0 Å². The summed E-state index contributed by atoms with van der Waals surface area (Å²) in [5, 5.41) is 10.6. The predicted octanol–water partition coefficient (Wildman–Crippen LogP) is 2.02. The van der Waals surface area contributed by atoms with Gasteiger partial charge in [-0.3, -0.25) is 10.1 Å². The fraction of sp³-hybridized carbons (Fsp3) is 0.182. The molecular weight excluding hydrogens is 222 g/mol. The summed E-state index contributed by atoms with van der Waals surface area (Å²) in [4.78, 5) is 14.2. The lowest BCUT2D eigenvalue weighted by Crippen LogP contribution is -1.94. The van der Waals surface area contributed by atoms with Crippen molar-refractivity contribution < 1.29 is 9.34 Å². The van der Waals surface area contributed by atoms with E-state index in [1.165, 1.54) is 12.1 Å². The maximum Gasteiger partial charge on any atom is 0.269 e. The van der Waals surface area contributed by atoms with Crippen LogP contribution in [0, 0.1) is 17.0 Å². The molecule has 6 nitrogen and oxygen atoms in total. The minimum absolute atomic E-state index is 0.0600. The van der Waals surface area contributed by atoms with Crippen molar-refractivity contribution in [3.63, 3.8) is 0 Å². The molecule has 0 radical (unpaired) electrons. The van der Waals surface area contributed by atoms with Gasteiger partial charge in [0.05, 0.1) is 17.7 Å². The van der Waals surface area contributed by atoms with Crippen LogP contribution in [-0.4, -0.2) is 9.91 Å². The Morgan fingerprint density at radius 1 is 1.53 bits per heavy atom. The highest BCUT2D eigenvalue weighted by Gasteiger charge is 2.12. The molecule has 17 heavy (non-hydrogen) atoms. The van der Waals surface area contributed by atoms with E-state index < -0.39 is 4.92 Å². The van der Waals surface area contributed by atoms with Gasteiger partial charge in [0.1, 0.15) is 0 Å². The van der Waals surface area contributed by atoms with Crippen molar-refractivity contribution in [3.8, 4) is 11.3 Å². The van der Waals surface area contributed by atoms with Crippen LogP contribution in [0.5, 0.6) is 0 Å². The van der Waals surface area contributed by atoms with Crippen molar-refractivity contribution in [1.82, 2.24) is 4.98 Å². The number of nitro groups is 1. The Morgan fingerprint density at radius 3 is 2.82 bits per heavy atom. The van der Waals surface area contributed by atoms with Gasteiger partial charge in [-0.15, -0.1) is 0 Å². The van der Waals surface area contributed by atoms with Crippen LogP contribution in [0.4, 0.5) is 5.69 Å². The molecule has 0 spiro atoms. The number of aryl methyl sites for hydroxylation is 1. The zero-order chi connectivity index (χ0) is 12.4. The molecule has 1 aromatic carbocycles. The topological polar surface area (TPSA) is 95.2 Å². The van der Waals surface area contributed by atoms with Crippen molar-refractivity contribution in [3.05, 3.63) is 46.0 Å². The molecule has 0 saturated heterocycles. The zero-order valence-corrected chi connectivity index (χ0v) is 9.21. The van der Waals surface area contributed by atoms with E-state index in [-0.39, 0.29) is 12.2 Å². The minimum atomic E-state index is -0.428. The van der Waals surface area contributed by atoms with Gasteiger partial charge >= 0.3 is 0 Å². The Balaban J connectivity index is 2.42. The average molecular weight is 233 g/mol. The molecule has 0 aliphatic heterocycles. The van der Waals surface area contributed by atoms with Gasteiger partial charge < -0.3 is 10.2 Å². The van der Waals surface area contributed by atoms with Crippen LogP contribution >= 0.6 is 0 Å². The number of nitrogens with zero attached hydrogens (tertiary/aromatic N) is 2. The summed E-state index contributed by atoms with van der Waals surface area (Å²) in [7, 11) is 0. The van der Waals surface area contributed by atoms with Crippen LogP contribution in [0.1, 0.15) is 11.5 Å². The Kier molecular flexibility index (Phi) is 2.88. The molecule has 88 valence electrons. The third-order valence-electron chi connectivity index (χ3n) is 2.41.